The second-order valence-electron chi connectivity index (χ2n) is 4.91. The molecule has 5 heteroatoms. The molecule has 0 fully saturated rings. The topological polar surface area (TPSA) is 70.6 Å². The predicted molar refractivity (Wildman–Crippen MR) is 88.7 cm³/mol. The van der Waals surface area contributed by atoms with E-state index in [-0.39, 0.29) is 6.54 Å². The monoisotopic (exact) mass is 303 g/mol. The van der Waals surface area contributed by atoms with E-state index in [1.165, 1.54) is 10.4 Å². The molecule has 0 aliphatic rings. The van der Waals surface area contributed by atoms with E-state index >= 15 is 0 Å². The highest BCUT2D eigenvalue weighted by Crippen LogP contribution is 2.13. The SMILES string of the molecule is Cc1ccc(C(O)CN=C(N)NCCc2cccs2)cc1. The molecule has 4 nitrogen and oxygen atoms in total. The van der Waals surface area contributed by atoms with Crippen molar-refractivity contribution in [3.63, 3.8) is 0 Å². The van der Waals surface area contributed by atoms with Crippen molar-refractivity contribution in [2.24, 2.45) is 10.7 Å². The Morgan fingerprint density at radius 1 is 1.33 bits per heavy atom. The van der Waals surface area contributed by atoms with E-state index in [9.17, 15) is 5.11 Å². The quantitative estimate of drug-likeness (QED) is 0.566. The lowest BCUT2D eigenvalue weighted by atomic mass is 10.1. The number of nitrogens with two attached hydrogens (primary N) is 1. The number of benzene rings is 1. The van der Waals surface area contributed by atoms with Crippen molar-refractivity contribution in [1.29, 1.82) is 0 Å². The van der Waals surface area contributed by atoms with Gasteiger partial charge in [0.15, 0.2) is 5.96 Å². The first kappa shape index (κ1) is 15.5. The number of hydrogen-bond donors (Lipinski definition) is 3. The van der Waals surface area contributed by atoms with E-state index in [1.54, 1.807) is 11.3 Å². The molecule has 0 aliphatic heterocycles. The highest BCUT2D eigenvalue weighted by atomic mass is 32.1. The zero-order chi connectivity index (χ0) is 15.1. The average molecular weight is 303 g/mol. The zero-order valence-corrected chi connectivity index (χ0v) is 12.9. The summed E-state index contributed by atoms with van der Waals surface area (Å²) in [5, 5.41) is 15.2. The maximum Gasteiger partial charge on any atom is 0.188 e. The van der Waals surface area contributed by atoms with Crippen LogP contribution in [-0.2, 0) is 6.42 Å². The van der Waals surface area contributed by atoms with Crippen LogP contribution in [0.15, 0.2) is 46.8 Å². The van der Waals surface area contributed by atoms with Crippen molar-refractivity contribution in [2.75, 3.05) is 13.1 Å². The van der Waals surface area contributed by atoms with Crippen LogP contribution in [0.25, 0.3) is 0 Å². The molecule has 0 saturated carbocycles. The molecule has 0 aliphatic carbocycles. The predicted octanol–water partition coefficient (Wildman–Crippen LogP) is 2.24. The van der Waals surface area contributed by atoms with Crippen LogP contribution in [0.1, 0.15) is 22.1 Å². The third-order valence-corrected chi connectivity index (χ3v) is 4.09. The summed E-state index contributed by atoms with van der Waals surface area (Å²) in [6.07, 6.45) is 0.303. The Bertz CT molecular complexity index is 564. The molecule has 1 atom stereocenters. The minimum absolute atomic E-state index is 0.265. The largest absolute Gasteiger partial charge is 0.386 e. The summed E-state index contributed by atoms with van der Waals surface area (Å²) >= 11 is 1.73. The minimum Gasteiger partial charge on any atom is -0.386 e. The third kappa shape index (κ3) is 5.21. The van der Waals surface area contributed by atoms with Gasteiger partial charge < -0.3 is 16.2 Å². The van der Waals surface area contributed by atoms with Crippen LogP contribution in [0.4, 0.5) is 0 Å². The molecular formula is C16H21N3OS. The summed E-state index contributed by atoms with van der Waals surface area (Å²) in [6, 6.07) is 11.9. The zero-order valence-electron chi connectivity index (χ0n) is 12.1. The Balaban J connectivity index is 1.75. The van der Waals surface area contributed by atoms with Crippen molar-refractivity contribution in [3.05, 3.63) is 57.8 Å². The van der Waals surface area contributed by atoms with Gasteiger partial charge >= 0.3 is 0 Å². The lowest BCUT2D eigenvalue weighted by Crippen LogP contribution is -2.33. The second-order valence-corrected chi connectivity index (χ2v) is 5.94. The molecule has 0 amide bonds. The van der Waals surface area contributed by atoms with Crippen molar-refractivity contribution in [1.82, 2.24) is 5.32 Å². The lowest BCUT2D eigenvalue weighted by molar-refractivity contribution is 0.187. The Labute approximate surface area is 129 Å². The number of thiophene rings is 1. The Hall–Kier alpha value is -1.85. The number of aliphatic hydroxyl groups is 1. The van der Waals surface area contributed by atoms with Crippen molar-refractivity contribution in [3.8, 4) is 0 Å². The van der Waals surface area contributed by atoms with E-state index < -0.39 is 6.10 Å². The lowest BCUT2D eigenvalue weighted by Gasteiger charge is -2.10. The minimum atomic E-state index is -0.622. The summed E-state index contributed by atoms with van der Waals surface area (Å²) in [4.78, 5) is 5.49. The van der Waals surface area contributed by atoms with E-state index in [4.69, 9.17) is 5.73 Å². The fraction of sp³-hybridized carbons (Fsp3) is 0.312. The number of rotatable bonds is 6. The van der Waals surface area contributed by atoms with Gasteiger partial charge in [0.2, 0.25) is 0 Å². The molecule has 2 aromatic rings. The number of nitrogens with one attached hydrogen (secondary N) is 1. The first-order valence-corrected chi connectivity index (χ1v) is 7.84. The number of guanidine groups is 1. The molecule has 4 N–H and O–H groups in total. The van der Waals surface area contributed by atoms with Crippen molar-refractivity contribution >= 4 is 17.3 Å². The van der Waals surface area contributed by atoms with Gasteiger partial charge in [0.25, 0.3) is 0 Å². The van der Waals surface area contributed by atoms with E-state index in [0.717, 1.165) is 18.5 Å². The van der Waals surface area contributed by atoms with Gasteiger partial charge in [-0.3, -0.25) is 4.99 Å². The van der Waals surface area contributed by atoms with Crippen LogP contribution in [-0.4, -0.2) is 24.2 Å². The number of nitrogens with zero attached hydrogens (tertiary/aromatic N) is 1. The first-order chi connectivity index (χ1) is 10.1. The van der Waals surface area contributed by atoms with Crippen molar-refractivity contribution in [2.45, 2.75) is 19.4 Å². The first-order valence-electron chi connectivity index (χ1n) is 6.96. The Morgan fingerprint density at radius 3 is 2.76 bits per heavy atom. The summed E-state index contributed by atoms with van der Waals surface area (Å²) in [5.74, 6) is 0.373. The highest BCUT2D eigenvalue weighted by molar-refractivity contribution is 7.09. The Kier molecular flexibility index (Phi) is 5.78. The second kappa shape index (κ2) is 7.81. The van der Waals surface area contributed by atoms with Gasteiger partial charge in [-0.25, -0.2) is 0 Å². The number of hydrogen-bond acceptors (Lipinski definition) is 3. The van der Waals surface area contributed by atoms with E-state index in [1.807, 2.05) is 37.3 Å². The van der Waals surface area contributed by atoms with Crippen LogP contribution in [0, 0.1) is 6.92 Å². The molecule has 112 valence electrons. The van der Waals surface area contributed by atoms with Crippen LogP contribution in [0.2, 0.25) is 0 Å². The molecular weight excluding hydrogens is 282 g/mol. The van der Waals surface area contributed by atoms with E-state index in [2.05, 4.69) is 21.8 Å². The maximum atomic E-state index is 10.0. The molecule has 0 spiro atoms. The van der Waals surface area contributed by atoms with Crippen LogP contribution >= 0.6 is 11.3 Å². The summed E-state index contributed by atoms with van der Waals surface area (Å²) in [5.41, 5.74) is 7.82. The van der Waals surface area contributed by atoms with Gasteiger partial charge in [-0.05, 0) is 30.4 Å². The molecule has 1 aromatic carbocycles. The van der Waals surface area contributed by atoms with Gasteiger partial charge in [0.05, 0.1) is 12.6 Å². The molecule has 1 aromatic heterocycles. The summed E-state index contributed by atoms with van der Waals surface area (Å²) in [6.45, 7) is 3.03. The third-order valence-electron chi connectivity index (χ3n) is 3.15. The van der Waals surface area contributed by atoms with Gasteiger partial charge in [-0.2, -0.15) is 0 Å². The molecule has 21 heavy (non-hydrogen) atoms. The average Bonchev–Trinajstić information content (AvgIpc) is 2.99. The Morgan fingerprint density at radius 2 is 2.10 bits per heavy atom. The fourth-order valence-electron chi connectivity index (χ4n) is 1.90. The molecule has 2 rings (SSSR count). The van der Waals surface area contributed by atoms with Gasteiger partial charge in [0.1, 0.15) is 0 Å². The molecule has 0 radical (unpaired) electrons. The maximum absolute atomic E-state index is 10.0. The van der Waals surface area contributed by atoms with Gasteiger partial charge in [-0.1, -0.05) is 35.9 Å². The number of aryl methyl sites for hydroxylation is 1. The van der Waals surface area contributed by atoms with E-state index in [0.29, 0.717) is 5.96 Å². The highest BCUT2D eigenvalue weighted by Gasteiger charge is 2.06. The summed E-state index contributed by atoms with van der Waals surface area (Å²) < 4.78 is 0. The standard InChI is InChI=1S/C16H21N3OS/c1-12-4-6-13(7-5-12)15(20)11-19-16(17)18-9-8-14-3-2-10-21-14/h2-7,10,15,20H,8-9,11H2,1H3,(H3,17,18,19). The fourth-order valence-corrected chi connectivity index (χ4v) is 2.61. The normalized spacial score (nSPS) is 13.1. The molecule has 0 saturated heterocycles. The molecule has 1 heterocycles. The molecule has 0 bridgehead atoms. The smallest absolute Gasteiger partial charge is 0.188 e. The molecule has 1 unspecified atom stereocenters. The van der Waals surface area contributed by atoms with Crippen LogP contribution < -0.4 is 11.1 Å². The van der Waals surface area contributed by atoms with Gasteiger partial charge in [-0.15, -0.1) is 11.3 Å². The number of aliphatic imine (C=N–C) groups is 1. The number of aliphatic hydroxyl groups excluding tert-OH is 1. The van der Waals surface area contributed by atoms with Crippen LogP contribution in [0.5, 0.6) is 0 Å². The summed E-state index contributed by atoms with van der Waals surface area (Å²) in [7, 11) is 0. The van der Waals surface area contributed by atoms with Crippen LogP contribution in [0.3, 0.4) is 0 Å². The van der Waals surface area contributed by atoms with Gasteiger partial charge in [0, 0.05) is 11.4 Å². The van der Waals surface area contributed by atoms with Crippen molar-refractivity contribution < 1.29 is 5.11 Å².